The van der Waals surface area contributed by atoms with E-state index in [1.54, 1.807) is 62.6 Å². The molecule has 3 aromatic carbocycles. The lowest BCUT2D eigenvalue weighted by Crippen LogP contribution is -2.42. The van der Waals surface area contributed by atoms with Gasteiger partial charge in [-0.25, -0.2) is 0 Å². The molecule has 180 valence electrons. The summed E-state index contributed by atoms with van der Waals surface area (Å²) in [5.41, 5.74) is 1.57. The standard InChI is InChI=1S/C27H27N3O5/c1-3-29(17-23(31)28-19-10-6-11-20(16-19)35-2)24(32)14-7-15-30-26(33)21-12-4-8-18-9-5-13-22(25(18)21)27(30)34/h4-6,8-13,16H,3,7,14-15,17H2,1-2H3,(H,28,31). The van der Waals surface area contributed by atoms with Crippen molar-refractivity contribution in [2.45, 2.75) is 19.8 Å². The third-order valence-electron chi connectivity index (χ3n) is 6.05. The van der Waals surface area contributed by atoms with Gasteiger partial charge in [-0.1, -0.05) is 30.3 Å². The van der Waals surface area contributed by atoms with Crippen molar-refractivity contribution in [3.8, 4) is 5.75 Å². The molecule has 8 heteroatoms. The van der Waals surface area contributed by atoms with Gasteiger partial charge in [0.2, 0.25) is 11.8 Å². The van der Waals surface area contributed by atoms with E-state index >= 15 is 0 Å². The molecule has 35 heavy (non-hydrogen) atoms. The molecule has 0 aromatic heterocycles. The van der Waals surface area contributed by atoms with Gasteiger partial charge in [0.15, 0.2) is 0 Å². The first-order valence-electron chi connectivity index (χ1n) is 11.5. The van der Waals surface area contributed by atoms with Gasteiger partial charge in [0, 0.05) is 47.8 Å². The average molecular weight is 474 g/mol. The first kappa shape index (κ1) is 23.9. The van der Waals surface area contributed by atoms with Crippen LogP contribution in [0.15, 0.2) is 60.7 Å². The highest BCUT2D eigenvalue weighted by atomic mass is 16.5. The highest BCUT2D eigenvalue weighted by Gasteiger charge is 2.32. The van der Waals surface area contributed by atoms with E-state index in [0.29, 0.717) is 40.9 Å². The normalized spacial score (nSPS) is 12.6. The zero-order chi connectivity index (χ0) is 24.9. The molecule has 4 amide bonds. The van der Waals surface area contributed by atoms with Crippen molar-refractivity contribution in [2.24, 2.45) is 0 Å². The molecule has 8 nitrogen and oxygen atoms in total. The maximum Gasteiger partial charge on any atom is 0.261 e. The third kappa shape index (κ3) is 5.01. The summed E-state index contributed by atoms with van der Waals surface area (Å²) in [6.45, 7) is 2.19. The summed E-state index contributed by atoms with van der Waals surface area (Å²) >= 11 is 0. The first-order chi connectivity index (χ1) is 16.9. The number of carbonyl (C=O) groups is 4. The number of amides is 4. The molecule has 0 fully saturated rings. The molecule has 0 unspecified atom stereocenters. The lowest BCUT2D eigenvalue weighted by molar-refractivity contribution is -0.134. The van der Waals surface area contributed by atoms with Gasteiger partial charge in [0.1, 0.15) is 5.75 Å². The Hall–Kier alpha value is -4.20. The molecule has 0 atom stereocenters. The molecule has 1 heterocycles. The van der Waals surface area contributed by atoms with E-state index < -0.39 is 0 Å². The Kier molecular flexibility index (Phi) is 7.10. The molecule has 3 aromatic rings. The summed E-state index contributed by atoms with van der Waals surface area (Å²) in [6.07, 6.45) is 0.422. The van der Waals surface area contributed by atoms with E-state index in [9.17, 15) is 19.2 Å². The molecule has 1 aliphatic heterocycles. The number of nitrogens with zero attached hydrogens (tertiary/aromatic N) is 2. The number of imide groups is 1. The van der Waals surface area contributed by atoms with E-state index in [1.165, 1.54) is 9.80 Å². The van der Waals surface area contributed by atoms with Crippen LogP contribution < -0.4 is 10.1 Å². The zero-order valence-corrected chi connectivity index (χ0v) is 19.7. The maximum atomic E-state index is 13.0. The minimum atomic E-state index is -0.350. The Bertz CT molecular complexity index is 1250. The van der Waals surface area contributed by atoms with Gasteiger partial charge in [0.25, 0.3) is 11.8 Å². The van der Waals surface area contributed by atoms with Crippen molar-refractivity contribution in [3.63, 3.8) is 0 Å². The highest BCUT2D eigenvalue weighted by molar-refractivity contribution is 6.25. The van der Waals surface area contributed by atoms with Crippen LogP contribution in [0.4, 0.5) is 5.69 Å². The molecule has 0 saturated heterocycles. The lowest BCUT2D eigenvalue weighted by Gasteiger charge is -2.27. The molecule has 1 aliphatic rings. The molecule has 4 rings (SSSR count). The predicted octanol–water partition coefficient (Wildman–Crippen LogP) is 3.71. The fourth-order valence-electron chi connectivity index (χ4n) is 4.28. The van der Waals surface area contributed by atoms with Crippen LogP contribution in [0, 0.1) is 0 Å². The number of likely N-dealkylation sites (N-methyl/N-ethyl adjacent to an activating group) is 1. The van der Waals surface area contributed by atoms with Gasteiger partial charge < -0.3 is 15.0 Å². The Labute approximate surface area is 203 Å². The van der Waals surface area contributed by atoms with Crippen molar-refractivity contribution in [1.82, 2.24) is 9.80 Å². The molecule has 0 radical (unpaired) electrons. The van der Waals surface area contributed by atoms with Crippen LogP contribution in [-0.4, -0.2) is 60.2 Å². The molecule has 0 spiro atoms. The number of hydrogen-bond acceptors (Lipinski definition) is 5. The molecule has 0 saturated carbocycles. The van der Waals surface area contributed by atoms with Crippen LogP contribution in [0.2, 0.25) is 0 Å². The van der Waals surface area contributed by atoms with Crippen LogP contribution in [0.1, 0.15) is 40.5 Å². The van der Waals surface area contributed by atoms with Crippen molar-refractivity contribution in [3.05, 3.63) is 71.8 Å². The summed E-state index contributed by atoms with van der Waals surface area (Å²) in [5.74, 6) is -0.618. The molecule has 0 aliphatic carbocycles. The van der Waals surface area contributed by atoms with E-state index in [4.69, 9.17) is 4.74 Å². The smallest absolute Gasteiger partial charge is 0.261 e. The minimum absolute atomic E-state index is 0.0938. The third-order valence-corrected chi connectivity index (χ3v) is 6.05. The number of rotatable bonds is 9. The number of ether oxygens (including phenoxy) is 1. The minimum Gasteiger partial charge on any atom is -0.497 e. The molecule has 1 N–H and O–H groups in total. The summed E-state index contributed by atoms with van der Waals surface area (Å²) in [6, 6.07) is 17.8. The Morgan fingerprint density at radius 3 is 2.26 bits per heavy atom. The van der Waals surface area contributed by atoms with Gasteiger partial charge in [-0.3, -0.25) is 24.1 Å². The second-order valence-corrected chi connectivity index (χ2v) is 8.26. The molecule has 0 bridgehead atoms. The maximum absolute atomic E-state index is 13.0. The number of methoxy groups -OCH3 is 1. The van der Waals surface area contributed by atoms with Gasteiger partial charge in [-0.2, -0.15) is 0 Å². The van der Waals surface area contributed by atoms with Crippen molar-refractivity contribution >= 4 is 40.1 Å². The second-order valence-electron chi connectivity index (χ2n) is 8.26. The number of carbonyl (C=O) groups excluding carboxylic acids is 4. The van der Waals surface area contributed by atoms with Crippen LogP contribution >= 0.6 is 0 Å². The van der Waals surface area contributed by atoms with Crippen LogP contribution in [0.25, 0.3) is 10.8 Å². The van der Waals surface area contributed by atoms with E-state index in [2.05, 4.69) is 5.32 Å². The fourth-order valence-corrected chi connectivity index (χ4v) is 4.28. The summed E-state index contributed by atoms with van der Waals surface area (Å²) < 4.78 is 5.15. The summed E-state index contributed by atoms with van der Waals surface area (Å²) in [7, 11) is 1.54. The average Bonchev–Trinajstić information content (AvgIpc) is 2.87. The van der Waals surface area contributed by atoms with E-state index in [1.807, 2.05) is 12.1 Å². The summed E-state index contributed by atoms with van der Waals surface area (Å²) in [5, 5.41) is 4.29. The summed E-state index contributed by atoms with van der Waals surface area (Å²) in [4.78, 5) is 53.9. The Morgan fingerprint density at radius 1 is 0.971 bits per heavy atom. The quantitative estimate of drug-likeness (QED) is 0.478. The highest BCUT2D eigenvalue weighted by Crippen LogP contribution is 2.30. The van der Waals surface area contributed by atoms with Gasteiger partial charge in [-0.15, -0.1) is 0 Å². The van der Waals surface area contributed by atoms with Crippen LogP contribution in [-0.2, 0) is 9.59 Å². The number of nitrogens with one attached hydrogen (secondary N) is 1. The van der Waals surface area contributed by atoms with Gasteiger partial charge >= 0.3 is 0 Å². The first-order valence-corrected chi connectivity index (χ1v) is 11.5. The Morgan fingerprint density at radius 2 is 1.63 bits per heavy atom. The van der Waals surface area contributed by atoms with Crippen molar-refractivity contribution < 1.29 is 23.9 Å². The number of hydrogen-bond donors (Lipinski definition) is 1. The zero-order valence-electron chi connectivity index (χ0n) is 19.7. The van der Waals surface area contributed by atoms with E-state index in [-0.39, 0.29) is 43.1 Å². The monoisotopic (exact) mass is 473 g/mol. The van der Waals surface area contributed by atoms with Gasteiger partial charge in [-0.05, 0) is 43.0 Å². The second kappa shape index (κ2) is 10.4. The predicted molar refractivity (Wildman–Crippen MR) is 132 cm³/mol. The van der Waals surface area contributed by atoms with Crippen molar-refractivity contribution in [2.75, 3.05) is 32.1 Å². The lowest BCUT2D eigenvalue weighted by atomic mass is 9.94. The van der Waals surface area contributed by atoms with Gasteiger partial charge in [0.05, 0.1) is 13.7 Å². The Balaban J connectivity index is 1.34. The number of anilines is 1. The SMILES string of the molecule is CCN(CC(=O)Nc1cccc(OC)c1)C(=O)CCCN1C(=O)c2cccc3cccc(c23)C1=O. The van der Waals surface area contributed by atoms with Crippen LogP contribution in [0.3, 0.4) is 0 Å². The molecular formula is C27H27N3O5. The number of benzene rings is 3. The van der Waals surface area contributed by atoms with E-state index in [0.717, 1.165) is 5.39 Å². The van der Waals surface area contributed by atoms with Crippen LogP contribution in [0.5, 0.6) is 5.75 Å². The molecular weight excluding hydrogens is 446 g/mol. The largest absolute Gasteiger partial charge is 0.497 e. The topological polar surface area (TPSA) is 96.0 Å². The van der Waals surface area contributed by atoms with Crippen molar-refractivity contribution in [1.29, 1.82) is 0 Å². The fraction of sp³-hybridized carbons (Fsp3) is 0.259.